The zero-order chi connectivity index (χ0) is 20.3. The normalized spacial score (nSPS) is 10.4. The van der Waals surface area contributed by atoms with Crippen LogP contribution in [0.5, 0.6) is 11.5 Å². The SMILES string of the molecule is COc1ccc(C(=O)c2cccc(C(=O)c3ccc(OC)c(C)c3)n2)cc1C. The van der Waals surface area contributed by atoms with Gasteiger partial charge in [-0.2, -0.15) is 0 Å². The number of hydrogen-bond acceptors (Lipinski definition) is 5. The van der Waals surface area contributed by atoms with Crippen molar-refractivity contribution in [2.75, 3.05) is 14.2 Å². The molecule has 0 radical (unpaired) electrons. The molecule has 0 unspecified atom stereocenters. The Morgan fingerprint density at radius 2 is 1.14 bits per heavy atom. The van der Waals surface area contributed by atoms with Gasteiger partial charge in [-0.25, -0.2) is 4.98 Å². The van der Waals surface area contributed by atoms with Gasteiger partial charge in [-0.3, -0.25) is 9.59 Å². The molecule has 3 rings (SSSR count). The van der Waals surface area contributed by atoms with Gasteiger partial charge in [-0.05, 0) is 73.5 Å². The van der Waals surface area contributed by atoms with Gasteiger partial charge < -0.3 is 9.47 Å². The molecule has 5 nitrogen and oxygen atoms in total. The second kappa shape index (κ2) is 8.05. The van der Waals surface area contributed by atoms with E-state index in [-0.39, 0.29) is 23.0 Å². The van der Waals surface area contributed by atoms with Crippen molar-refractivity contribution in [3.8, 4) is 11.5 Å². The molecule has 2 aromatic carbocycles. The van der Waals surface area contributed by atoms with Gasteiger partial charge in [0.2, 0.25) is 11.6 Å². The lowest BCUT2D eigenvalue weighted by molar-refractivity contribution is 0.103. The van der Waals surface area contributed by atoms with E-state index in [1.54, 1.807) is 68.8 Å². The van der Waals surface area contributed by atoms with E-state index < -0.39 is 0 Å². The van der Waals surface area contributed by atoms with E-state index in [4.69, 9.17) is 9.47 Å². The Morgan fingerprint density at radius 3 is 1.50 bits per heavy atom. The summed E-state index contributed by atoms with van der Waals surface area (Å²) in [5.41, 5.74) is 3.15. The number of hydrogen-bond donors (Lipinski definition) is 0. The maximum Gasteiger partial charge on any atom is 0.211 e. The molecule has 1 aromatic heterocycles. The Kier molecular flexibility index (Phi) is 5.54. The van der Waals surface area contributed by atoms with Crippen molar-refractivity contribution < 1.29 is 19.1 Å². The molecule has 3 aromatic rings. The lowest BCUT2D eigenvalue weighted by Gasteiger charge is -2.08. The van der Waals surface area contributed by atoms with Crippen molar-refractivity contribution in [1.29, 1.82) is 0 Å². The number of methoxy groups -OCH3 is 2. The number of carbonyl (C=O) groups is 2. The lowest BCUT2D eigenvalue weighted by atomic mass is 10.0. The fourth-order valence-corrected chi connectivity index (χ4v) is 3.02. The van der Waals surface area contributed by atoms with Crippen molar-refractivity contribution in [2.45, 2.75) is 13.8 Å². The molecule has 0 aliphatic carbocycles. The predicted octanol–water partition coefficient (Wildman–Crippen LogP) is 4.18. The molecule has 0 aliphatic heterocycles. The number of nitrogens with zero attached hydrogens (tertiary/aromatic N) is 1. The van der Waals surface area contributed by atoms with Gasteiger partial charge in [0, 0.05) is 11.1 Å². The maximum atomic E-state index is 12.8. The Morgan fingerprint density at radius 1 is 0.714 bits per heavy atom. The van der Waals surface area contributed by atoms with Crippen LogP contribution in [0.1, 0.15) is 43.2 Å². The summed E-state index contributed by atoms with van der Waals surface area (Å²) in [6.45, 7) is 3.74. The molecule has 0 N–H and O–H groups in total. The van der Waals surface area contributed by atoms with Gasteiger partial charge in [-0.1, -0.05) is 6.07 Å². The van der Waals surface area contributed by atoms with Gasteiger partial charge in [-0.15, -0.1) is 0 Å². The molecule has 0 spiro atoms. The Bertz CT molecular complexity index is 975. The van der Waals surface area contributed by atoms with Gasteiger partial charge in [0.25, 0.3) is 0 Å². The fourth-order valence-electron chi connectivity index (χ4n) is 3.02. The molecule has 0 amide bonds. The van der Waals surface area contributed by atoms with Crippen LogP contribution in [-0.4, -0.2) is 30.8 Å². The zero-order valence-corrected chi connectivity index (χ0v) is 16.3. The highest BCUT2D eigenvalue weighted by Gasteiger charge is 2.17. The summed E-state index contributed by atoms with van der Waals surface area (Å²) in [5.74, 6) is 0.934. The standard InChI is InChI=1S/C23H21NO4/c1-14-12-16(8-10-20(14)27-3)22(25)18-6-5-7-19(24-18)23(26)17-9-11-21(28-4)15(2)13-17/h5-13H,1-4H3. The minimum Gasteiger partial charge on any atom is -0.496 e. The predicted molar refractivity (Wildman–Crippen MR) is 107 cm³/mol. The van der Waals surface area contributed by atoms with Crippen molar-refractivity contribution >= 4 is 11.6 Å². The van der Waals surface area contributed by atoms with Crippen LogP contribution in [0.3, 0.4) is 0 Å². The quantitative estimate of drug-likeness (QED) is 0.605. The molecule has 0 fully saturated rings. The summed E-state index contributed by atoms with van der Waals surface area (Å²) in [6, 6.07) is 15.3. The first-order valence-electron chi connectivity index (χ1n) is 8.80. The highest BCUT2D eigenvalue weighted by molar-refractivity contribution is 6.11. The van der Waals surface area contributed by atoms with Crippen LogP contribution in [0.4, 0.5) is 0 Å². The molecule has 5 heteroatoms. The largest absolute Gasteiger partial charge is 0.496 e. The van der Waals surface area contributed by atoms with E-state index in [0.717, 1.165) is 11.1 Å². The van der Waals surface area contributed by atoms with Crippen LogP contribution < -0.4 is 9.47 Å². The third kappa shape index (κ3) is 3.78. The maximum absolute atomic E-state index is 12.8. The summed E-state index contributed by atoms with van der Waals surface area (Å²) >= 11 is 0. The van der Waals surface area contributed by atoms with Crippen LogP contribution in [0, 0.1) is 13.8 Å². The van der Waals surface area contributed by atoms with E-state index in [1.165, 1.54) is 0 Å². The minimum atomic E-state index is -0.244. The van der Waals surface area contributed by atoms with E-state index in [2.05, 4.69) is 4.98 Å². The van der Waals surface area contributed by atoms with Gasteiger partial charge >= 0.3 is 0 Å². The number of benzene rings is 2. The summed E-state index contributed by atoms with van der Waals surface area (Å²) in [5, 5.41) is 0. The number of ether oxygens (including phenoxy) is 2. The van der Waals surface area contributed by atoms with Gasteiger partial charge in [0.1, 0.15) is 22.9 Å². The highest BCUT2D eigenvalue weighted by Crippen LogP contribution is 2.22. The first kappa shape index (κ1) is 19.3. The Labute approximate surface area is 164 Å². The third-order valence-corrected chi connectivity index (χ3v) is 4.53. The Balaban J connectivity index is 1.91. The topological polar surface area (TPSA) is 65.5 Å². The molecular formula is C23H21NO4. The fraction of sp³-hybridized carbons (Fsp3) is 0.174. The average molecular weight is 375 g/mol. The summed E-state index contributed by atoms with van der Waals surface area (Å²) in [4.78, 5) is 29.9. The van der Waals surface area contributed by atoms with Crippen LogP contribution in [0.2, 0.25) is 0 Å². The molecule has 1 heterocycles. The van der Waals surface area contributed by atoms with Crippen LogP contribution in [-0.2, 0) is 0 Å². The average Bonchev–Trinajstić information content (AvgIpc) is 2.72. The number of aromatic nitrogens is 1. The van der Waals surface area contributed by atoms with Crippen molar-refractivity contribution in [1.82, 2.24) is 4.98 Å². The Hall–Kier alpha value is -3.47. The second-order valence-corrected chi connectivity index (χ2v) is 6.44. The monoisotopic (exact) mass is 375 g/mol. The van der Waals surface area contributed by atoms with Crippen LogP contribution in [0.25, 0.3) is 0 Å². The van der Waals surface area contributed by atoms with E-state index >= 15 is 0 Å². The molecule has 0 bridgehead atoms. The molecular weight excluding hydrogens is 354 g/mol. The second-order valence-electron chi connectivity index (χ2n) is 6.44. The van der Waals surface area contributed by atoms with Crippen LogP contribution >= 0.6 is 0 Å². The number of rotatable bonds is 6. The van der Waals surface area contributed by atoms with E-state index in [1.807, 2.05) is 13.8 Å². The first-order chi connectivity index (χ1) is 13.4. The molecule has 0 atom stereocenters. The number of ketones is 2. The molecule has 142 valence electrons. The minimum absolute atomic E-state index is 0.223. The highest BCUT2D eigenvalue weighted by atomic mass is 16.5. The first-order valence-corrected chi connectivity index (χ1v) is 8.80. The smallest absolute Gasteiger partial charge is 0.211 e. The van der Waals surface area contributed by atoms with Crippen molar-refractivity contribution in [3.05, 3.63) is 88.2 Å². The molecule has 28 heavy (non-hydrogen) atoms. The summed E-state index contributed by atoms with van der Waals surface area (Å²) in [7, 11) is 3.17. The van der Waals surface area contributed by atoms with Gasteiger partial charge in [0.15, 0.2) is 0 Å². The van der Waals surface area contributed by atoms with E-state index in [0.29, 0.717) is 22.6 Å². The lowest BCUT2D eigenvalue weighted by Crippen LogP contribution is -2.10. The molecule has 0 aliphatic rings. The summed E-state index contributed by atoms with van der Waals surface area (Å²) < 4.78 is 10.5. The third-order valence-electron chi connectivity index (χ3n) is 4.53. The number of carbonyl (C=O) groups excluding carboxylic acids is 2. The van der Waals surface area contributed by atoms with E-state index in [9.17, 15) is 9.59 Å². The van der Waals surface area contributed by atoms with Gasteiger partial charge in [0.05, 0.1) is 14.2 Å². The summed E-state index contributed by atoms with van der Waals surface area (Å²) in [6.07, 6.45) is 0. The number of aryl methyl sites for hydroxylation is 2. The number of pyridine rings is 1. The molecule has 0 saturated carbocycles. The molecule has 0 saturated heterocycles. The zero-order valence-electron chi connectivity index (χ0n) is 16.3. The van der Waals surface area contributed by atoms with Crippen molar-refractivity contribution in [3.63, 3.8) is 0 Å². The van der Waals surface area contributed by atoms with Crippen molar-refractivity contribution in [2.24, 2.45) is 0 Å². The van der Waals surface area contributed by atoms with Crippen LogP contribution in [0.15, 0.2) is 54.6 Å².